The molecule has 0 bridgehead atoms. The van der Waals surface area contributed by atoms with E-state index in [0.717, 1.165) is 25.1 Å². The van der Waals surface area contributed by atoms with Gasteiger partial charge in [-0.15, -0.1) is 0 Å². The maximum absolute atomic E-state index is 12.8. The number of hydrogen-bond donors (Lipinski definition) is 1. The lowest BCUT2D eigenvalue weighted by atomic mass is 10.0. The molecule has 0 aromatic heterocycles. The molecular weight excluding hydrogens is 251 g/mol. The van der Waals surface area contributed by atoms with Crippen molar-refractivity contribution in [2.75, 3.05) is 13.6 Å². The van der Waals surface area contributed by atoms with Gasteiger partial charge in [0.05, 0.1) is 0 Å². The Labute approximate surface area is 120 Å². The Kier molecular flexibility index (Phi) is 5.27. The lowest BCUT2D eigenvalue weighted by molar-refractivity contribution is 0.311. The van der Waals surface area contributed by atoms with Gasteiger partial charge in [-0.2, -0.15) is 0 Å². The van der Waals surface area contributed by atoms with Crippen LogP contribution in [0.2, 0.25) is 0 Å². The summed E-state index contributed by atoms with van der Waals surface area (Å²) in [5.41, 5.74) is 8.46. The quantitative estimate of drug-likeness (QED) is 0.874. The summed E-state index contributed by atoms with van der Waals surface area (Å²) in [7, 11) is 2.06. The lowest BCUT2D eigenvalue weighted by Gasteiger charge is -2.19. The second-order valence-corrected chi connectivity index (χ2v) is 5.17. The number of hydrogen-bond acceptors (Lipinski definition) is 2. The summed E-state index contributed by atoms with van der Waals surface area (Å²) in [5.74, 6) is -0.192. The second kappa shape index (κ2) is 7.17. The van der Waals surface area contributed by atoms with Gasteiger partial charge in [0, 0.05) is 12.6 Å². The molecule has 20 heavy (non-hydrogen) atoms. The van der Waals surface area contributed by atoms with E-state index in [2.05, 4.69) is 24.1 Å². The number of rotatable bonds is 6. The number of nitrogens with zero attached hydrogens (tertiary/aromatic N) is 1. The maximum Gasteiger partial charge on any atom is 0.123 e. The highest BCUT2D eigenvalue weighted by atomic mass is 19.1. The zero-order chi connectivity index (χ0) is 14.4. The summed E-state index contributed by atoms with van der Waals surface area (Å²) >= 11 is 0. The number of nitrogens with two attached hydrogens (primary N) is 1. The molecule has 0 spiro atoms. The Morgan fingerprint density at radius 2 is 1.70 bits per heavy atom. The van der Waals surface area contributed by atoms with Crippen molar-refractivity contribution < 1.29 is 4.39 Å². The predicted octanol–water partition coefficient (Wildman–Crippen LogP) is 3.35. The van der Waals surface area contributed by atoms with Crippen LogP contribution in [-0.2, 0) is 6.54 Å². The summed E-state index contributed by atoms with van der Waals surface area (Å²) in [6.07, 6.45) is 0.904. The van der Waals surface area contributed by atoms with Crippen molar-refractivity contribution in [3.63, 3.8) is 0 Å². The van der Waals surface area contributed by atoms with Gasteiger partial charge in [-0.3, -0.25) is 0 Å². The Bertz CT molecular complexity index is 510. The van der Waals surface area contributed by atoms with Crippen molar-refractivity contribution in [3.05, 3.63) is 71.5 Å². The molecule has 0 amide bonds. The molecule has 0 radical (unpaired) electrons. The van der Waals surface area contributed by atoms with Crippen LogP contribution in [0.25, 0.3) is 0 Å². The molecular formula is C17H21FN2. The minimum Gasteiger partial charge on any atom is -0.324 e. The first kappa shape index (κ1) is 14.7. The summed E-state index contributed by atoms with van der Waals surface area (Å²) < 4.78 is 12.8. The van der Waals surface area contributed by atoms with Crippen LogP contribution in [0, 0.1) is 5.82 Å². The normalized spacial score (nSPS) is 12.6. The summed E-state index contributed by atoms with van der Waals surface area (Å²) in [4.78, 5) is 2.20. The molecule has 2 aromatic carbocycles. The minimum atomic E-state index is -0.192. The van der Waals surface area contributed by atoms with Crippen molar-refractivity contribution in [3.8, 4) is 0 Å². The largest absolute Gasteiger partial charge is 0.324 e. The van der Waals surface area contributed by atoms with Crippen molar-refractivity contribution in [1.82, 2.24) is 4.90 Å². The molecule has 0 aliphatic rings. The zero-order valence-electron chi connectivity index (χ0n) is 11.8. The number of benzene rings is 2. The van der Waals surface area contributed by atoms with E-state index < -0.39 is 0 Å². The maximum atomic E-state index is 12.8. The molecule has 2 aromatic rings. The first-order valence-corrected chi connectivity index (χ1v) is 6.88. The topological polar surface area (TPSA) is 29.3 Å². The molecule has 1 unspecified atom stereocenters. The van der Waals surface area contributed by atoms with Crippen molar-refractivity contribution in [2.24, 2.45) is 5.73 Å². The molecule has 3 heteroatoms. The Hall–Kier alpha value is -1.71. The van der Waals surface area contributed by atoms with E-state index in [4.69, 9.17) is 5.73 Å². The molecule has 0 fully saturated rings. The highest BCUT2D eigenvalue weighted by Gasteiger charge is 2.07. The average Bonchev–Trinajstić information content (AvgIpc) is 2.48. The fraction of sp³-hybridized carbons (Fsp3) is 0.294. The summed E-state index contributed by atoms with van der Waals surface area (Å²) in [6, 6.07) is 16.8. The van der Waals surface area contributed by atoms with Gasteiger partial charge >= 0.3 is 0 Å². The van der Waals surface area contributed by atoms with Crippen LogP contribution in [0.5, 0.6) is 0 Å². The van der Waals surface area contributed by atoms with Crippen molar-refractivity contribution in [1.29, 1.82) is 0 Å². The van der Waals surface area contributed by atoms with Gasteiger partial charge < -0.3 is 10.6 Å². The van der Waals surface area contributed by atoms with Gasteiger partial charge in [0.15, 0.2) is 0 Å². The predicted molar refractivity (Wildman–Crippen MR) is 80.7 cm³/mol. The van der Waals surface area contributed by atoms with Crippen molar-refractivity contribution >= 4 is 0 Å². The number of halogens is 1. The molecule has 0 aliphatic carbocycles. The van der Waals surface area contributed by atoms with E-state index in [0.29, 0.717) is 0 Å². The average molecular weight is 272 g/mol. The van der Waals surface area contributed by atoms with Crippen LogP contribution < -0.4 is 5.73 Å². The Morgan fingerprint density at radius 1 is 1.05 bits per heavy atom. The van der Waals surface area contributed by atoms with Gasteiger partial charge in [0.25, 0.3) is 0 Å². The first-order valence-electron chi connectivity index (χ1n) is 6.88. The van der Waals surface area contributed by atoms with E-state index in [1.54, 1.807) is 0 Å². The van der Waals surface area contributed by atoms with Crippen molar-refractivity contribution in [2.45, 2.75) is 19.0 Å². The van der Waals surface area contributed by atoms with Gasteiger partial charge in [-0.1, -0.05) is 42.5 Å². The Morgan fingerprint density at radius 3 is 2.35 bits per heavy atom. The van der Waals surface area contributed by atoms with Gasteiger partial charge in [-0.05, 0) is 43.3 Å². The van der Waals surface area contributed by atoms with E-state index in [-0.39, 0.29) is 11.9 Å². The van der Waals surface area contributed by atoms with Crippen LogP contribution in [0.3, 0.4) is 0 Å². The smallest absolute Gasteiger partial charge is 0.123 e. The first-order chi connectivity index (χ1) is 9.65. The molecule has 106 valence electrons. The molecule has 0 aliphatic heterocycles. The molecule has 1 atom stereocenters. The van der Waals surface area contributed by atoms with E-state index in [1.807, 2.05) is 30.3 Å². The molecule has 2 N–H and O–H groups in total. The molecule has 0 saturated carbocycles. The standard InChI is InChI=1S/C17H21FN2/c1-20(13-14-7-9-16(18)10-8-14)12-11-17(19)15-5-3-2-4-6-15/h2-10,17H,11-13,19H2,1H3. The fourth-order valence-electron chi connectivity index (χ4n) is 2.21. The fourth-order valence-corrected chi connectivity index (χ4v) is 2.21. The van der Waals surface area contributed by atoms with E-state index in [9.17, 15) is 4.39 Å². The van der Waals surface area contributed by atoms with Gasteiger partial charge in [-0.25, -0.2) is 4.39 Å². The third-order valence-electron chi connectivity index (χ3n) is 3.42. The molecule has 0 saturated heterocycles. The minimum absolute atomic E-state index is 0.0619. The van der Waals surface area contributed by atoms with Crippen LogP contribution in [0.4, 0.5) is 4.39 Å². The van der Waals surface area contributed by atoms with Crippen LogP contribution in [-0.4, -0.2) is 18.5 Å². The van der Waals surface area contributed by atoms with Gasteiger partial charge in [0.2, 0.25) is 0 Å². The second-order valence-electron chi connectivity index (χ2n) is 5.17. The molecule has 2 rings (SSSR count). The van der Waals surface area contributed by atoms with E-state index >= 15 is 0 Å². The lowest BCUT2D eigenvalue weighted by Crippen LogP contribution is -2.23. The Balaban J connectivity index is 1.80. The van der Waals surface area contributed by atoms with Crippen LogP contribution >= 0.6 is 0 Å². The third kappa shape index (κ3) is 4.44. The summed E-state index contributed by atoms with van der Waals surface area (Å²) in [6.45, 7) is 1.72. The monoisotopic (exact) mass is 272 g/mol. The molecule has 2 nitrogen and oxygen atoms in total. The van der Waals surface area contributed by atoms with Gasteiger partial charge in [0.1, 0.15) is 5.82 Å². The van der Waals surface area contributed by atoms with Crippen LogP contribution in [0.1, 0.15) is 23.6 Å². The molecule has 0 heterocycles. The van der Waals surface area contributed by atoms with Crippen LogP contribution in [0.15, 0.2) is 54.6 Å². The zero-order valence-corrected chi connectivity index (χ0v) is 11.8. The highest BCUT2D eigenvalue weighted by molar-refractivity contribution is 5.18. The third-order valence-corrected chi connectivity index (χ3v) is 3.42. The van der Waals surface area contributed by atoms with E-state index in [1.165, 1.54) is 17.7 Å². The highest BCUT2D eigenvalue weighted by Crippen LogP contribution is 2.14. The summed E-state index contributed by atoms with van der Waals surface area (Å²) in [5, 5.41) is 0. The SMILES string of the molecule is CN(CCC(N)c1ccccc1)Cc1ccc(F)cc1.